The average Bonchev–Trinajstić information content (AvgIpc) is 2.24. The van der Waals surface area contributed by atoms with E-state index in [0.29, 0.717) is 11.0 Å². The van der Waals surface area contributed by atoms with Gasteiger partial charge in [-0.25, -0.2) is 4.98 Å². The van der Waals surface area contributed by atoms with Crippen LogP contribution in [0.3, 0.4) is 0 Å². The Hall–Kier alpha value is -0.820. The number of halogens is 4. The monoisotopic (exact) mass is 325 g/mol. The Balaban J connectivity index is 3.29. The number of anilines is 1. The highest BCUT2D eigenvalue weighted by atomic mass is 79.9. The van der Waals surface area contributed by atoms with Crippen molar-refractivity contribution in [2.24, 2.45) is 5.73 Å². The minimum absolute atomic E-state index is 0.0776. The predicted molar refractivity (Wildman–Crippen MR) is 68.5 cm³/mol. The summed E-state index contributed by atoms with van der Waals surface area (Å²) < 4.78 is 39.2. The predicted octanol–water partition coefficient (Wildman–Crippen LogP) is 3.04. The number of nitrogens with zero attached hydrogens (tertiary/aromatic N) is 2. The molecule has 0 fully saturated rings. The molecule has 1 heterocycles. The first-order valence-electron chi connectivity index (χ1n) is 5.46. The van der Waals surface area contributed by atoms with Gasteiger partial charge < -0.3 is 10.6 Å². The molecular formula is C11H15BrF3N3. The molecule has 0 saturated heterocycles. The van der Waals surface area contributed by atoms with Crippen LogP contribution in [-0.2, 0) is 6.18 Å². The fourth-order valence-corrected chi connectivity index (χ4v) is 1.95. The first-order chi connectivity index (χ1) is 8.27. The van der Waals surface area contributed by atoms with E-state index < -0.39 is 11.7 Å². The Morgan fingerprint density at radius 3 is 2.50 bits per heavy atom. The second kappa shape index (κ2) is 5.88. The van der Waals surface area contributed by atoms with Crippen molar-refractivity contribution in [1.29, 1.82) is 0 Å². The smallest absolute Gasteiger partial charge is 0.352 e. The van der Waals surface area contributed by atoms with Gasteiger partial charge in [0.2, 0.25) is 0 Å². The zero-order chi connectivity index (χ0) is 13.9. The van der Waals surface area contributed by atoms with Crippen molar-refractivity contribution in [3.63, 3.8) is 0 Å². The molecule has 0 bridgehead atoms. The van der Waals surface area contributed by atoms with Gasteiger partial charge in [0.05, 0.1) is 5.56 Å². The quantitative estimate of drug-likeness (QED) is 0.925. The Labute approximate surface area is 112 Å². The van der Waals surface area contributed by atoms with Crippen LogP contribution < -0.4 is 10.6 Å². The van der Waals surface area contributed by atoms with Crippen LogP contribution in [-0.4, -0.2) is 24.1 Å². The molecule has 0 aliphatic rings. The summed E-state index contributed by atoms with van der Waals surface area (Å²) in [4.78, 5) is 5.44. The number of alkyl halides is 3. The van der Waals surface area contributed by atoms with Gasteiger partial charge in [0.1, 0.15) is 5.82 Å². The molecule has 1 rings (SSSR count). The molecule has 1 aromatic rings. The van der Waals surface area contributed by atoms with Crippen LogP contribution in [0.25, 0.3) is 0 Å². The van der Waals surface area contributed by atoms with Crippen LogP contribution >= 0.6 is 15.9 Å². The Morgan fingerprint density at radius 1 is 1.44 bits per heavy atom. The minimum atomic E-state index is -4.44. The van der Waals surface area contributed by atoms with E-state index in [0.717, 1.165) is 6.07 Å². The standard InChI is InChI=1S/C11H15BrF3N3/c1-7(2)18(4-3-16)10-9(11(13,14)15)5-8(12)6-17-10/h5-7H,3-4,16H2,1-2H3. The minimum Gasteiger partial charge on any atom is -0.352 e. The van der Waals surface area contributed by atoms with Crippen molar-refractivity contribution in [2.45, 2.75) is 26.1 Å². The zero-order valence-electron chi connectivity index (χ0n) is 10.1. The maximum Gasteiger partial charge on any atom is 0.419 e. The first-order valence-corrected chi connectivity index (χ1v) is 6.26. The summed E-state index contributed by atoms with van der Waals surface area (Å²) in [5.74, 6) is -0.0776. The van der Waals surface area contributed by atoms with Crippen LogP contribution in [0, 0.1) is 0 Å². The third-order valence-electron chi connectivity index (χ3n) is 2.40. The third kappa shape index (κ3) is 3.58. The molecule has 0 radical (unpaired) electrons. The number of aromatic nitrogens is 1. The molecule has 2 N–H and O–H groups in total. The van der Waals surface area contributed by atoms with Crippen LogP contribution in [0.1, 0.15) is 19.4 Å². The molecule has 3 nitrogen and oxygen atoms in total. The summed E-state index contributed by atoms with van der Waals surface area (Å²) in [6, 6.07) is 0.928. The SMILES string of the molecule is CC(C)N(CCN)c1ncc(Br)cc1C(F)(F)F. The number of pyridine rings is 1. The van der Waals surface area contributed by atoms with Crippen molar-refractivity contribution in [3.8, 4) is 0 Å². The van der Waals surface area contributed by atoms with Gasteiger partial charge in [-0.3, -0.25) is 0 Å². The maximum atomic E-state index is 13.0. The molecule has 7 heteroatoms. The van der Waals surface area contributed by atoms with Gasteiger partial charge in [-0.1, -0.05) is 0 Å². The van der Waals surface area contributed by atoms with Crippen molar-refractivity contribution >= 4 is 21.7 Å². The fraction of sp³-hybridized carbons (Fsp3) is 0.545. The molecule has 0 aliphatic heterocycles. The maximum absolute atomic E-state index is 13.0. The number of nitrogens with two attached hydrogens (primary N) is 1. The second-order valence-corrected chi connectivity index (χ2v) is 5.01. The lowest BCUT2D eigenvalue weighted by Gasteiger charge is -2.29. The lowest BCUT2D eigenvalue weighted by molar-refractivity contribution is -0.137. The van der Waals surface area contributed by atoms with Crippen molar-refractivity contribution < 1.29 is 13.2 Å². The van der Waals surface area contributed by atoms with Crippen molar-refractivity contribution in [2.75, 3.05) is 18.0 Å². The zero-order valence-corrected chi connectivity index (χ0v) is 11.7. The highest BCUT2D eigenvalue weighted by Crippen LogP contribution is 2.37. The molecule has 0 unspecified atom stereocenters. The molecule has 18 heavy (non-hydrogen) atoms. The van der Waals surface area contributed by atoms with Gasteiger partial charge in [-0.2, -0.15) is 13.2 Å². The summed E-state index contributed by atoms with van der Waals surface area (Å²) in [5.41, 5.74) is 4.68. The van der Waals surface area contributed by atoms with Crippen molar-refractivity contribution in [1.82, 2.24) is 4.98 Å². The van der Waals surface area contributed by atoms with Gasteiger partial charge in [-0.05, 0) is 35.8 Å². The van der Waals surface area contributed by atoms with Crippen LogP contribution in [0.4, 0.5) is 19.0 Å². The number of hydrogen-bond donors (Lipinski definition) is 1. The van der Waals surface area contributed by atoms with Crippen molar-refractivity contribution in [3.05, 3.63) is 22.3 Å². The van der Waals surface area contributed by atoms with E-state index in [1.165, 1.54) is 6.20 Å². The topological polar surface area (TPSA) is 42.1 Å². The van der Waals surface area contributed by atoms with Gasteiger partial charge in [0.15, 0.2) is 0 Å². The molecule has 0 atom stereocenters. The molecule has 0 saturated carbocycles. The lowest BCUT2D eigenvalue weighted by Crippen LogP contribution is -2.37. The largest absolute Gasteiger partial charge is 0.419 e. The average molecular weight is 326 g/mol. The molecule has 102 valence electrons. The van der Waals surface area contributed by atoms with Crippen LogP contribution in [0.15, 0.2) is 16.7 Å². The molecule has 0 aliphatic carbocycles. The molecule has 0 spiro atoms. The van der Waals surface area contributed by atoms with E-state index in [4.69, 9.17) is 5.73 Å². The van der Waals surface area contributed by atoms with Gasteiger partial charge >= 0.3 is 6.18 Å². The molecular weight excluding hydrogens is 311 g/mol. The summed E-state index contributed by atoms with van der Waals surface area (Å²) in [5, 5.41) is 0. The van der Waals surface area contributed by atoms with E-state index in [-0.39, 0.29) is 18.4 Å². The number of hydrogen-bond acceptors (Lipinski definition) is 3. The van der Waals surface area contributed by atoms with E-state index in [1.807, 2.05) is 0 Å². The number of rotatable bonds is 4. The fourth-order valence-electron chi connectivity index (χ4n) is 1.62. The summed E-state index contributed by atoms with van der Waals surface area (Å²) in [6.45, 7) is 4.21. The van der Waals surface area contributed by atoms with Gasteiger partial charge in [0.25, 0.3) is 0 Å². The Bertz CT molecular complexity index is 407. The molecule has 1 aromatic heterocycles. The van der Waals surface area contributed by atoms with E-state index >= 15 is 0 Å². The van der Waals surface area contributed by atoms with Crippen LogP contribution in [0.2, 0.25) is 0 Å². The van der Waals surface area contributed by atoms with Gasteiger partial charge in [0, 0.05) is 29.8 Å². The second-order valence-electron chi connectivity index (χ2n) is 4.10. The first kappa shape index (κ1) is 15.2. The van der Waals surface area contributed by atoms with E-state index in [1.54, 1.807) is 18.7 Å². The van der Waals surface area contributed by atoms with Crippen LogP contribution in [0.5, 0.6) is 0 Å². The van der Waals surface area contributed by atoms with E-state index in [2.05, 4.69) is 20.9 Å². The highest BCUT2D eigenvalue weighted by molar-refractivity contribution is 9.10. The highest BCUT2D eigenvalue weighted by Gasteiger charge is 2.36. The summed E-state index contributed by atoms with van der Waals surface area (Å²) in [7, 11) is 0. The molecule has 0 aromatic carbocycles. The summed E-state index contributed by atoms with van der Waals surface area (Å²) in [6.07, 6.45) is -3.08. The third-order valence-corrected chi connectivity index (χ3v) is 2.84. The van der Waals surface area contributed by atoms with Gasteiger partial charge in [-0.15, -0.1) is 0 Å². The normalized spacial score (nSPS) is 12.0. The summed E-state index contributed by atoms with van der Waals surface area (Å²) >= 11 is 3.01. The lowest BCUT2D eigenvalue weighted by atomic mass is 10.2. The Kier molecular flexibility index (Phi) is 4.98. The Morgan fingerprint density at radius 2 is 2.06 bits per heavy atom. The van der Waals surface area contributed by atoms with E-state index in [9.17, 15) is 13.2 Å². The molecule has 0 amide bonds.